The zero-order valence-electron chi connectivity index (χ0n) is 10.3. The highest BCUT2D eigenvalue weighted by atomic mass is 32.2. The number of para-hydroxylation sites is 1. The number of carboxylic acids is 1. The van der Waals surface area contributed by atoms with Crippen LogP contribution < -0.4 is 5.32 Å². The maximum absolute atomic E-state index is 13.6. The number of nitrogens with one attached hydrogen (secondary N) is 1. The van der Waals surface area contributed by atoms with Gasteiger partial charge in [0.15, 0.2) is 9.84 Å². The van der Waals surface area contributed by atoms with Gasteiger partial charge in [0.05, 0.1) is 28.7 Å². The van der Waals surface area contributed by atoms with Gasteiger partial charge >= 0.3 is 5.97 Å². The van der Waals surface area contributed by atoms with Crippen molar-refractivity contribution in [2.24, 2.45) is 5.92 Å². The van der Waals surface area contributed by atoms with E-state index in [4.69, 9.17) is 5.11 Å². The molecule has 1 aromatic rings. The van der Waals surface area contributed by atoms with E-state index in [0.29, 0.717) is 0 Å². The van der Waals surface area contributed by atoms with Crippen molar-refractivity contribution >= 4 is 27.4 Å². The van der Waals surface area contributed by atoms with Gasteiger partial charge in [0.2, 0.25) is 5.91 Å². The molecule has 1 aromatic carbocycles. The fraction of sp³-hybridized carbons (Fsp3) is 0.333. The van der Waals surface area contributed by atoms with Gasteiger partial charge in [-0.25, -0.2) is 17.6 Å². The summed E-state index contributed by atoms with van der Waals surface area (Å²) in [6.45, 7) is 0. The second-order valence-electron chi connectivity index (χ2n) is 4.56. The van der Waals surface area contributed by atoms with Crippen molar-refractivity contribution in [3.8, 4) is 0 Å². The fourth-order valence-electron chi connectivity index (χ4n) is 2.06. The largest absolute Gasteiger partial charge is 0.478 e. The predicted octanol–water partition coefficient (Wildman–Crippen LogP) is 0.897. The molecule has 0 aromatic heterocycles. The van der Waals surface area contributed by atoms with Gasteiger partial charge in [0.1, 0.15) is 5.82 Å². The Morgan fingerprint density at radius 3 is 2.60 bits per heavy atom. The molecule has 1 saturated heterocycles. The third kappa shape index (κ3) is 2.96. The van der Waals surface area contributed by atoms with Crippen molar-refractivity contribution in [2.45, 2.75) is 6.42 Å². The Kier molecular flexibility index (Phi) is 3.76. The first-order valence-corrected chi connectivity index (χ1v) is 7.65. The van der Waals surface area contributed by atoms with Crippen LogP contribution in [-0.4, -0.2) is 36.9 Å². The molecule has 1 aliphatic heterocycles. The van der Waals surface area contributed by atoms with E-state index < -0.39 is 39.1 Å². The number of hydrogen-bond acceptors (Lipinski definition) is 4. The molecule has 0 spiro atoms. The van der Waals surface area contributed by atoms with Gasteiger partial charge in [0.25, 0.3) is 0 Å². The van der Waals surface area contributed by atoms with Gasteiger partial charge in [-0.15, -0.1) is 0 Å². The molecule has 1 aliphatic rings. The third-order valence-electron chi connectivity index (χ3n) is 3.10. The van der Waals surface area contributed by atoms with Crippen molar-refractivity contribution in [3.63, 3.8) is 0 Å². The smallest absolute Gasteiger partial charge is 0.337 e. The molecule has 1 amide bonds. The van der Waals surface area contributed by atoms with Gasteiger partial charge < -0.3 is 10.4 Å². The van der Waals surface area contributed by atoms with E-state index in [1.54, 1.807) is 0 Å². The maximum atomic E-state index is 13.6. The quantitative estimate of drug-likeness (QED) is 0.863. The average molecular weight is 301 g/mol. The standard InChI is InChI=1S/C12H12FNO5S/c13-9-3-1-2-8(12(16)17)10(9)14-11(15)7-4-5-20(18,19)6-7/h1-3,7H,4-6H2,(H,14,15)(H,16,17). The SMILES string of the molecule is O=C(O)c1cccc(F)c1NC(=O)C1CCS(=O)(=O)C1. The lowest BCUT2D eigenvalue weighted by Crippen LogP contribution is -2.25. The predicted molar refractivity (Wildman–Crippen MR) is 68.7 cm³/mol. The van der Waals surface area contributed by atoms with Crippen LogP contribution in [0.25, 0.3) is 0 Å². The van der Waals surface area contributed by atoms with Crippen LogP contribution in [0.2, 0.25) is 0 Å². The number of benzene rings is 1. The topological polar surface area (TPSA) is 101 Å². The summed E-state index contributed by atoms with van der Waals surface area (Å²) in [5.74, 6) is -4.10. The number of anilines is 1. The first kappa shape index (κ1) is 14.4. The zero-order valence-corrected chi connectivity index (χ0v) is 11.1. The number of rotatable bonds is 3. The van der Waals surface area contributed by atoms with E-state index in [9.17, 15) is 22.4 Å². The van der Waals surface area contributed by atoms with E-state index in [1.165, 1.54) is 6.07 Å². The summed E-state index contributed by atoms with van der Waals surface area (Å²) in [7, 11) is -3.24. The number of amides is 1. The van der Waals surface area contributed by atoms with Crippen LogP contribution in [0.15, 0.2) is 18.2 Å². The summed E-state index contributed by atoms with van der Waals surface area (Å²) < 4.78 is 36.2. The van der Waals surface area contributed by atoms with Gasteiger partial charge in [-0.1, -0.05) is 6.07 Å². The van der Waals surface area contributed by atoms with Crippen LogP contribution in [-0.2, 0) is 14.6 Å². The zero-order chi connectivity index (χ0) is 14.9. The van der Waals surface area contributed by atoms with E-state index >= 15 is 0 Å². The molecule has 1 unspecified atom stereocenters. The lowest BCUT2D eigenvalue weighted by Gasteiger charge is -2.12. The Labute approximate surface area is 114 Å². The number of sulfone groups is 1. The van der Waals surface area contributed by atoms with Crippen molar-refractivity contribution in [1.82, 2.24) is 0 Å². The average Bonchev–Trinajstić information content (AvgIpc) is 2.72. The summed E-state index contributed by atoms with van der Waals surface area (Å²) in [6.07, 6.45) is 0.158. The Morgan fingerprint density at radius 1 is 1.35 bits per heavy atom. The van der Waals surface area contributed by atoms with Crippen LogP contribution in [0.5, 0.6) is 0 Å². The summed E-state index contributed by atoms with van der Waals surface area (Å²) in [4.78, 5) is 22.9. The number of carboxylic acid groups (broad SMARTS) is 1. The van der Waals surface area contributed by atoms with E-state index in [1.807, 2.05) is 0 Å². The fourth-order valence-corrected chi connectivity index (χ4v) is 3.80. The van der Waals surface area contributed by atoms with Gasteiger partial charge in [0, 0.05) is 0 Å². The minimum Gasteiger partial charge on any atom is -0.478 e. The highest BCUT2D eigenvalue weighted by molar-refractivity contribution is 7.91. The molecule has 6 nitrogen and oxygen atoms in total. The summed E-state index contributed by atoms with van der Waals surface area (Å²) in [5, 5.41) is 11.1. The van der Waals surface area contributed by atoms with Gasteiger partial charge in [-0.3, -0.25) is 4.79 Å². The number of carbonyl (C=O) groups is 2. The third-order valence-corrected chi connectivity index (χ3v) is 4.86. The lowest BCUT2D eigenvalue weighted by atomic mass is 10.1. The second kappa shape index (κ2) is 5.20. The number of hydrogen-bond donors (Lipinski definition) is 2. The van der Waals surface area contributed by atoms with Crippen LogP contribution in [0, 0.1) is 11.7 Å². The summed E-state index contributed by atoms with van der Waals surface area (Å²) in [5.41, 5.74) is -0.812. The molecular weight excluding hydrogens is 289 g/mol. The molecule has 2 rings (SSSR count). The van der Waals surface area contributed by atoms with E-state index in [2.05, 4.69) is 5.32 Å². The molecule has 2 N–H and O–H groups in total. The van der Waals surface area contributed by atoms with Crippen LogP contribution >= 0.6 is 0 Å². The highest BCUT2D eigenvalue weighted by Crippen LogP contribution is 2.24. The van der Waals surface area contributed by atoms with Crippen molar-refractivity contribution < 1.29 is 27.5 Å². The first-order valence-electron chi connectivity index (χ1n) is 5.83. The minimum absolute atomic E-state index is 0.0891. The van der Waals surface area contributed by atoms with Gasteiger partial charge in [-0.05, 0) is 18.6 Å². The molecule has 1 atom stereocenters. The number of aromatic carboxylic acids is 1. The van der Waals surface area contributed by atoms with E-state index in [0.717, 1.165) is 12.1 Å². The van der Waals surface area contributed by atoms with Crippen LogP contribution in [0.1, 0.15) is 16.8 Å². The Hall–Kier alpha value is -1.96. The molecule has 0 aliphatic carbocycles. The van der Waals surface area contributed by atoms with Gasteiger partial charge in [-0.2, -0.15) is 0 Å². The summed E-state index contributed by atoms with van der Waals surface area (Å²) in [6, 6.07) is 3.40. The van der Waals surface area contributed by atoms with Crippen LogP contribution in [0.4, 0.5) is 10.1 Å². The second-order valence-corrected chi connectivity index (χ2v) is 6.79. The first-order chi connectivity index (χ1) is 9.30. The molecular formula is C12H12FNO5S. The van der Waals surface area contributed by atoms with E-state index in [-0.39, 0.29) is 23.5 Å². The van der Waals surface area contributed by atoms with Crippen molar-refractivity contribution in [1.29, 1.82) is 0 Å². The number of halogens is 1. The lowest BCUT2D eigenvalue weighted by molar-refractivity contribution is -0.119. The molecule has 1 heterocycles. The molecule has 0 bridgehead atoms. The molecule has 1 fully saturated rings. The van der Waals surface area contributed by atoms with Crippen molar-refractivity contribution in [2.75, 3.05) is 16.8 Å². The summed E-state index contributed by atoms with van der Waals surface area (Å²) >= 11 is 0. The normalized spacial score (nSPS) is 20.6. The Balaban J connectivity index is 2.23. The maximum Gasteiger partial charge on any atom is 0.337 e. The van der Waals surface area contributed by atoms with Crippen molar-refractivity contribution in [3.05, 3.63) is 29.6 Å². The molecule has 20 heavy (non-hydrogen) atoms. The minimum atomic E-state index is -3.24. The Morgan fingerprint density at radius 2 is 2.05 bits per heavy atom. The van der Waals surface area contributed by atoms with Crippen LogP contribution in [0.3, 0.4) is 0 Å². The molecule has 0 saturated carbocycles. The highest BCUT2D eigenvalue weighted by Gasteiger charge is 2.33. The monoisotopic (exact) mass is 301 g/mol. The molecule has 108 valence electrons. The molecule has 0 radical (unpaired) electrons. The molecule has 8 heteroatoms. The Bertz CT molecular complexity index is 670. The number of carbonyl (C=O) groups excluding carboxylic acids is 1.